The predicted molar refractivity (Wildman–Crippen MR) is 73.1 cm³/mol. The first-order valence-corrected chi connectivity index (χ1v) is 6.33. The van der Waals surface area contributed by atoms with E-state index < -0.39 is 0 Å². The fourth-order valence-corrected chi connectivity index (χ4v) is 1.85. The number of nitriles is 1. The van der Waals surface area contributed by atoms with Gasteiger partial charge < -0.3 is 10.1 Å². The maximum atomic E-state index is 11.4. The van der Waals surface area contributed by atoms with Gasteiger partial charge in [-0.15, -0.1) is 0 Å². The number of esters is 1. The summed E-state index contributed by atoms with van der Waals surface area (Å²) in [6.45, 7) is 3.66. The molecule has 1 rings (SSSR count). The maximum absolute atomic E-state index is 11.4. The zero-order valence-corrected chi connectivity index (χ0v) is 12.1. The Kier molecular flexibility index (Phi) is 5.17. The third-order valence-electron chi connectivity index (χ3n) is 2.81. The third kappa shape index (κ3) is 3.47. The monoisotopic (exact) mass is 310 g/mol. The molecule has 1 aromatic carbocycles. The molecule has 2 unspecified atom stereocenters. The van der Waals surface area contributed by atoms with Gasteiger partial charge in [0.25, 0.3) is 0 Å². The second-order valence-electron chi connectivity index (χ2n) is 4.05. The van der Waals surface area contributed by atoms with Crippen molar-refractivity contribution >= 4 is 27.6 Å². The van der Waals surface area contributed by atoms with E-state index in [1.165, 1.54) is 7.11 Å². The minimum absolute atomic E-state index is 0.126. The molecule has 1 N–H and O–H groups in total. The zero-order valence-electron chi connectivity index (χ0n) is 10.5. The summed E-state index contributed by atoms with van der Waals surface area (Å²) in [4.78, 5) is 11.4. The summed E-state index contributed by atoms with van der Waals surface area (Å²) in [5.74, 6) is -0.566. The number of carbonyl (C=O) groups excluding carboxylic acids is 1. The van der Waals surface area contributed by atoms with Crippen LogP contribution in [-0.2, 0) is 9.53 Å². The molecule has 2 atom stereocenters. The molecule has 96 valence electrons. The standard InChI is InChI=1S/C13H15BrN2O2/c1-8(13(17)18-3)9(2)16-12-6-11(14)5-4-10(12)7-15/h4-6,8-9,16H,1-3H3. The van der Waals surface area contributed by atoms with Gasteiger partial charge in [0.05, 0.1) is 24.3 Å². The highest BCUT2D eigenvalue weighted by Crippen LogP contribution is 2.23. The van der Waals surface area contributed by atoms with E-state index in [0.717, 1.165) is 4.47 Å². The van der Waals surface area contributed by atoms with Crippen LogP contribution in [0.2, 0.25) is 0 Å². The Morgan fingerprint density at radius 1 is 1.50 bits per heavy atom. The van der Waals surface area contributed by atoms with Gasteiger partial charge in [-0.1, -0.05) is 15.9 Å². The van der Waals surface area contributed by atoms with Crippen LogP contribution < -0.4 is 5.32 Å². The molecule has 0 amide bonds. The van der Waals surface area contributed by atoms with E-state index in [0.29, 0.717) is 11.3 Å². The van der Waals surface area contributed by atoms with Crippen molar-refractivity contribution in [1.29, 1.82) is 5.26 Å². The van der Waals surface area contributed by atoms with Crippen molar-refractivity contribution in [3.8, 4) is 6.07 Å². The SMILES string of the molecule is COC(=O)C(C)C(C)Nc1cc(Br)ccc1C#N. The van der Waals surface area contributed by atoms with E-state index in [-0.39, 0.29) is 17.9 Å². The van der Waals surface area contributed by atoms with Gasteiger partial charge in [-0.25, -0.2) is 0 Å². The number of methoxy groups -OCH3 is 1. The molecule has 5 heteroatoms. The molecule has 0 aliphatic carbocycles. The van der Waals surface area contributed by atoms with Crippen molar-refractivity contribution in [3.63, 3.8) is 0 Å². The number of rotatable bonds is 4. The summed E-state index contributed by atoms with van der Waals surface area (Å²) < 4.78 is 5.57. The van der Waals surface area contributed by atoms with Gasteiger partial charge in [0.1, 0.15) is 6.07 Å². The van der Waals surface area contributed by atoms with Gasteiger partial charge in [-0.05, 0) is 32.0 Å². The van der Waals surface area contributed by atoms with E-state index in [1.807, 2.05) is 13.0 Å². The van der Waals surface area contributed by atoms with Crippen molar-refractivity contribution in [2.75, 3.05) is 12.4 Å². The Bertz CT molecular complexity index is 482. The molecule has 0 spiro atoms. The van der Waals surface area contributed by atoms with E-state index in [1.54, 1.807) is 19.1 Å². The fourth-order valence-electron chi connectivity index (χ4n) is 1.49. The molecule has 0 bridgehead atoms. The number of hydrogen-bond acceptors (Lipinski definition) is 4. The molecule has 0 aliphatic heterocycles. The molecule has 0 saturated heterocycles. The Morgan fingerprint density at radius 2 is 2.17 bits per heavy atom. The highest BCUT2D eigenvalue weighted by atomic mass is 79.9. The van der Waals surface area contributed by atoms with Crippen LogP contribution in [0.25, 0.3) is 0 Å². The Morgan fingerprint density at radius 3 is 2.72 bits per heavy atom. The summed E-state index contributed by atoms with van der Waals surface area (Å²) in [7, 11) is 1.37. The number of anilines is 1. The van der Waals surface area contributed by atoms with Crippen LogP contribution in [0.3, 0.4) is 0 Å². The van der Waals surface area contributed by atoms with Gasteiger partial charge in [0, 0.05) is 10.5 Å². The average molecular weight is 311 g/mol. The van der Waals surface area contributed by atoms with Gasteiger partial charge >= 0.3 is 5.97 Å². The van der Waals surface area contributed by atoms with E-state index in [4.69, 9.17) is 10.00 Å². The number of hydrogen-bond donors (Lipinski definition) is 1. The van der Waals surface area contributed by atoms with Crippen molar-refractivity contribution < 1.29 is 9.53 Å². The van der Waals surface area contributed by atoms with Crippen LogP contribution in [0.15, 0.2) is 22.7 Å². The van der Waals surface area contributed by atoms with Gasteiger partial charge in [-0.3, -0.25) is 4.79 Å². The van der Waals surface area contributed by atoms with Crippen molar-refractivity contribution in [2.24, 2.45) is 5.92 Å². The molecular formula is C13H15BrN2O2. The smallest absolute Gasteiger partial charge is 0.310 e. The molecule has 0 heterocycles. The zero-order chi connectivity index (χ0) is 13.7. The quantitative estimate of drug-likeness (QED) is 0.869. The Balaban J connectivity index is 2.88. The van der Waals surface area contributed by atoms with Crippen LogP contribution in [0.5, 0.6) is 0 Å². The van der Waals surface area contributed by atoms with Crippen molar-refractivity contribution in [3.05, 3.63) is 28.2 Å². The largest absolute Gasteiger partial charge is 0.469 e. The number of ether oxygens (including phenoxy) is 1. The first-order chi connectivity index (χ1) is 8.49. The molecule has 0 aliphatic rings. The lowest BCUT2D eigenvalue weighted by Gasteiger charge is -2.21. The number of carbonyl (C=O) groups is 1. The minimum atomic E-state index is -0.291. The highest BCUT2D eigenvalue weighted by Gasteiger charge is 2.21. The van der Waals surface area contributed by atoms with Crippen LogP contribution in [0.4, 0.5) is 5.69 Å². The average Bonchev–Trinajstić information content (AvgIpc) is 2.37. The topological polar surface area (TPSA) is 62.1 Å². The minimum Gasteiger partial charge on any atom is -0.469 e. The van der Waals surface area contributed by atoms with Crippen LogP contribution in [0.1, 0.15) is 19.4 Å². The predicted octanol–water partition coefficient (Wildman–Crippen LogP) is 2.93. The van der Waals surface area contributed by atoms with Crippen LogP contribution in [-0.4, -0.2) is 19.1 Å². The first kappa shape index (κ1) is 14.5. The molecule has 18 heavy (non-hydrogen) atoms. The van der Waals surface area contributed by atoms with Crippen molar-refractivity contribution in [2.45, 2.75) is 19.9 Å². The molecule has 0 saturated carbocycles. The number of benzene rings is 1. The number of halogens is 1. The molecule has 0 radical (unpaired) electrons. The number of nitrogens with zero attached hydrogens (tertiary/aromatic N) is 1. The Hall–Kier alpha value is -1.54. The first-order valence-electron chi connectivity index (χ1n) is 5.53. The second kappa shape index (κ2) is 6.41. The summed E-state index contributed by atoms with van der Waals surface area (Å²) in [6, 6.07) is 7.33. The number of nitrogens with one attached hydrogen (secondary N) is 1. The molecule has 1 aromatic rings. The molecular weight excluding hydrogens is 296 g/mol. The lowest BCUT2D eigenvalue weighted by molar-refractivity contribution is -0.145. The second-order valence-corrected chi connectivity index (χ2v) is 4.96. The summed E-state index contributed by atoms with van der Waals surface area (Å²) in [6.07, 6.45) is 0. The fraction of sp³-hybridized carbons (Fsp3) is 0.385. The van der Waals surface area contributed by atoms with E-state index in [9.17, 15) is 4.79 Å². The summed E-state index contributed by atoms with van der Waals surface area (Å²) >= 11 is 3.35. The lowest BCUT2D eigenvalue weighted by atomic mass is 10.0. The van der Waals surface area contributed by atoms with Gasteiger partial charge in [0.2, 0.25) is 0 Å². The summed E-state index contributed by atoms with van der Waals surface area (Å²) in [5, 5.41) is 12.2. The highest BCUT2D eigenvalue weighted by molar-refractivity contribution is 9.10. The normalized spacial score (nSPS) is 13.3. The van der Waals surface area contributed by atoms with Gasteiger partial charge in [-0.2, -0.15) is 5.26 Å². The molecule has 4 nitrogen and oxygen atoms in total. The lowest BCUT2D eigenvalue weighted by Crippen LogP contribution is -2.31. The molecule has 0 aromatic heterocycles. The van der Waals surface area contributed by atoms with Crippen LogP contribution >= 0.6 is 15.9 Å². The van der Waals surface area contributed by atoms with E-state index >= 15 is 0 Å². The van der Waals surface area contributed by atoms with E-state index in [2.05, 4.69) is 27.3 Å². The van der Waals surface area contributed by atoms with Gasteiger partial charge in [0.15, 0.2) is 0 Å². The Labute approximate surface area is 115 Å². The van der Waals surface area contributed by atoms with Crippen molar-refractivity contribution in [1.82, 2.24) is 0 Å². The van der Waals surface area contributed by atoms with Crippen LogP contribution in [0, 0.1) is 17.2 Å². The maximum Gasteiger partial charge on any atom is 0.310 e. The third-order valence-corrected chi connectivity index (χ3v) is 3.30. The molecule has 0 fully saturated rings. The summed E-state index contributed by atoms with van der Waals surface area (Å²) in [5.41, 5.74) is 1.25.